The van der Waals surface area contributed by atoms with Gasteiger partial charge in [-0.2, -0.15) is 10.2 Å². The Morgan fingerprint density at radius 3 is 1.97 bits per heavy atom. The van der Waals surface area contributed by atoms with E-state index in [1.54, 1.807) is 13.8 Å². The van der Waals surface area contributed by atoms with Crippen molar-refractivity contribution in [2.24, 2.45) is 0 Å². The number of rotatable bonds is 11. The van der Waals surface area contributed by atoms with E-state index in [4.69, 9.17) is 25.9 Å². The summed E-state index contributed by atoms with van der Waals surface area (Å²) in [5, 5.41) is 20.6. The van der Waals surface area contributed by atoms with Crippen LogP contribution < -0.4 is 27.5 Å². The van der Waals surface area contributed by atoms with Gasteiger partial charge in [0.15, 0.2) is 11.3 Å². The van der Waals surface area contributed by atoms with Crippen molar-refractivity contribution in [3.63, 3.8) is 0 Å². The zero-order valence-corrected chi connectivity index (χ0v) is 40.0. The van der Waals surface area contributed by atoms with Gasteiger partial charge in [-0.15, -0.1) is 0 Å². The summed E-state index contributed by atoms with van der Waals surface area (Å²) in [5.41, 5.74) is 15.9. The number of nitrogens with two attached hydrogens (primary N) is 1. The van der Waals surface area contributed by atoms with Gasteiger partial charge >= 0.3 is 0 Å². The summed E-state index contributed by atoms with van der Waals surface area (Å²) in [6.45, 7) is 7.73. The third-order valence-electron chi connectivity index (χ3n) is 13.2. The summed E-state index contributed by atoms with van der Waals surface area (Å²) in [5.74, 6) is 0.860. The summed E-state index contributed by atoms with van der Waals surface area (Å²) < 4.78 is 7.03. The number of hydrogen-bond acceptors (Lipinski definition) is 12. The van der Waals surface area contributed by atoms with Gasteiger partial charge in [-0.05, 0) is 96.8 Å². The largest absolute Gasteiger partial charge is 0.383 e. The lowest BCUT2D eigenvalue weighted by Gasteiger charge is -2.17. The Bertz CT molecular complexity index is 4340. The average Bonchev–Trinajstić information content (AvgIpc) is 4.07. The average molecular weight is 964 g/mol. The molecule has 18 heteroatoms. The van der Waals surface area contributed by atoms with Crippen molar-refractivity contribution in [1.82, 2.24) is 58.6 Å². The lowest BCUT2D eigenvalue weighted by atomic mass is 10.1. The molecule has 0 bridgehead atoms. The zero-order valence-electron chi connectivity index (χ0n) is 40.0. The molecule has 0 aliphatic rings. The molecule has 0 fully saturated rings. The molecule has 7 heterocycles. The maximum absolute atomic E-state index is 15.0. The van der Waals surface area contributed by atoms with Gasteiger partial charge in [0.25, 0.3) is 11.1 Å². The molecule has 12 aromatic rings. The van der Waals surface area contributed by atoms with E-state index in [0.717, 1.165) is 44.4 Å². The summed E-state index contributed by atoms with van der Waals surface area (Å²) in [6, 6.07) is 38.6. The minimum absolute atomic E-state index is 0.102. The smallest absolute Gasteiger partial charge is 0.263 e. The number of aromatic amines is 1. The molecule has 0 saturated heterocycles. The summed E-state index contributed by atoms with van der Waals surface area (Å²) in [7, 11) is 0. The van der Waals surface area contributed by atoms with Crippen LogP contribution in [0, 0.1) is 13.8 Å². The molecule has 5 aromatic carbocycles. The molecule has 18 nitrogen and oxygen atoms in total. The van der Waals surface area contributed by atoms with Gasteiger partial charge in [-0.25, -0.2) is 34.3 Å². The highest BCUT2D eigenvalue weighted by molar-refractivity contribution is 6.00. The Morgan fingerprint density at radius 2 is 1.29 bits per heavy atom. The Balaban J connectivity index is 0.939. The molecule has 0 atom stereocenters. The number of hydrogen-bond donors (Lipinski definition) is 4. The molecule has 358 valence electrons. The van der Waals surface area contributed by atoms with Crippen molar-refractivity contribution in [1.29, 1.82) is 0 Å². The molecule has 0 radical (unpaired) electrons. The van der Waals surface area contributed by atoms with E-state index in [2.05, 4.69) is 36.6 Å². The van der Waals surface area contributed by atoms with Gasteiger partial charge in [0.05, 0.1) is 57.0 Å². The van der Waals surface area contributed by atoms with Crippen LogP contribution in [0.25, 0.3) is 77.3 Å². The fourth-order valence-corrected chi connectivity index (χ4v) is 9.98. The first-order valence-corrected chi connectivity index (χ1v) is 23.7. The maximum Gasteiger partial charge on any atom is 0.263 e. The minimum atomic E-state index is -0.247. The molecule has 0 aliphatic carbocycles. The summed E-state index contributed by atoms with van der Waals surface area (Å²) in [4.78, 5) is 67.2. The fourth-order valence-electron chi connectivity index (χ4n) is 9.98. The first-order chi connectivity index (χ1) is 35.5. The number of carbonyl (C=O) groups is 1. The number of fused-ring (bicyclic) bond motifs is 5. The second-order valence-electron chi connectivity index (χ2n) is 18.0. The van der Waals surface area contributed by atoms with Crippen molar-refractivity contribution < 1.29 is 4.79 Å². The second-order valence-corrected chi connectivity index (χ2v) is 18.0. The number of para-hydroxylation sites is 1. The molecule has 73 heavy (non-hydrogen) atoms. The number of nitrogens with one attached hydrogen (secondary N) is 3. The molecule has 0 unspecified atom stereocenters. The van der Waals surface area contributed by atoms with Crippen molar-refractivity contribution in [2.75, 3.05) is 16.4 Å². The first kappa shape index (κ1) is 44.4. The number of pyridine rings is 2. The van der Waals surface area contributed by atoms with Crippen LogP contribution in [0.1, 0.15) is 42.1 Å². The summed E-state index contributed by atoms with van der Waals surface area (Å²) >= 11 is 0. The Hall–Kier alpha value is -9.84. The van der Waals surface area contributed by atoms with Gasteiger partial charge in [0.2, 0.25) is 11.9 Å². The van der Waals surface area contributed by atoms with E-state index in [1.807, 2.05) is 141 Å². The van der Waals surface area contributed by atoms with Gasteiger partial charge in [-0.3, -0.25) is 28.8 Å². The second kappa shape index (κ2) is 17.5. The van der Waals surface area contributed by atoms with Crippen LogP contribution in [0.5, 0.6) is 0 Å². The molecule has 12 rings (SSSR count). The van der Waals surface area contributed by atoms with E-state index in [1.165, 1.54) is 19.6 Å². The molecule has 0 saturated carbocycles. The van der Waals surface area contributed by atoms with Crippen molar-refractivity contribution >= 4 is 83.8 Å². The highest BCUT2D eigenvalue weighted by Gasteiger charge is 2.23. The SMILES string of the molecule is CCc1nn(Cc2cc3cccc(C)c3c(=O)n2-c2ccccc2)c2ncnc(Nc3cccc(-n4c(Cn5nc(-c6ccc7nc(NC(C)=O)[nH]c7c6)c6c(N)ncnc65)cc5cccc(C)c5c4=O)c3)c12. The van der Waals surface area contributed by atoms with Crippen LogP contribution in [-0.4, -0.2) is 64.5 Å². The molecule has 7 aromatic heterocycles. The Labute approximate surface area is 414 Å². The van der Waals surface area contributed by atoms with Crippen LogP contribution in [0.2, 0.25) is 0 Å². The number of aryl methyl sites for hydroxylation is 3. The topological polar surface area (TPSA) is 227 Å². The third kappa shape index (κ3) is 7.68. The number of amides is 1. The monoisotopic (exact) mass is 963 g/mol. The molecule has 1 amide bonds. The number of nitrogen functional groups attached to an aromatic ring is 1. The van der Waals surface area contributed by atoms with Crippen molar-refractivity contribution in [3.8, 4) is 22.6 Å². The van der Waals surface area contributed by atoms with E-state index >= 15 is 0 Å². The van der Waals surface area contributed by atoms with Gasteiger partial charge in [-0.1, -0.05) is 73.7 Å². The minimum Gasteiger partial charge on any atom is -0.383 e. The Morgan fingerprint density at radius 1 is 0.658 bits per heavy atom. The number of aromatic nitrogens is 12. The zero-order chi connectivity index (χ0) is 50.1. The van der Waals surface area contributed by atoms with Gasteiger partial charge < -0.3 is 16.0 Å². The van der Waals surface area contributed by atoms with E-state index < -0.39 is 0 Å². The number of nitrogens with zero attached hydrogens (tertiary/aromatic N) is 11. The lowest BCUT2D eigenvalue weighted by Crippen LogP contribution is -2.24. The van der Waals surface area contributed by atoms with E-state index in [9.17, 15) is 14.4 Å². The van der Waals surface area contributed by atoms with Crippen LogP contribution in [-0.2, 0) is 24.3 Å². The number of benzene rings is 5. The predicted molar refractivity (Wildman–Crippen MR) is 284 cm³/mol. The lowest BCUT2D eigenvalue weighted by molar-refractivity contribution is -0.114. The number of carbonyl (C=O) groups excluding carboxylic acids is 1. The Kier molecular flexibility index (Phi) is 10.7. The van der Waals surface area contributed by atoms with Crippen LogP contribution in [0.3, 0.4) is 0 Å². The molecular formula is C55H45N15O3. The molecular weight excluding hydrogens is 919 g/mol. The van der Waals surface area contributed by atoms with E-state index in [0.29, 0.717) is 85.0 Å². The fraction of sp³-hybridized carbons (Fsp3) is 0.127. The number of imidazole rings is 1. The molecule has 5 N–H and O–H groups in total. The normalized spacial score (nSPS) is 11.7. The van der Waals surface area contributed by atoms with Crippen LogP contribution in [0.15, 0.2) is 144 Å². The van der Waals surface area contributed by atoms with Crippen molar-refractivity contribution in [3.05, 3.63) is 183 Å². The van der Waals surface area contributed by atoms with E-state index in [-0.39, 0.29) is 35.9 Å². The molecule has 0 spiro atoms. The van der Waals surface area contributed by atoms with Gasteiger partial charge in [0.1, 0.15) is 30.0 Å². The molecule has 0 aliphatic heterocycles. The van der Waals surface area contributed by atoms with Crippen molar-refractivity contribution in [2.45, 2.75) is 47.2 Å². The third-order valence-corrected chi connectivity index (χ3v) is 13.2. The number of anilines is 4. The summed E-state index contributed by atoms with van der Waals surface area (Å²) in [6.07, 6.45) is 3.49. The van der Waals surface area contributed by atoms with Crippen LogP contribution >= 0.6 is 0 Å². The standard InChI is InChI=1S/C55H45N15O3/c1-5-41-46-50(58-29-60-51(46)67(65-41)26-39-22-33-14-9-12-30(2)44(33)53(72)69(39)37-17-7-6-8-18-37)62-36-16-11-19-38(25-36)70-40(23-34-15-10-13-31(3)45(34)54(70)73)27-68-52-47(49(56)57-28-59-52)48(66-68)35-20-21-42-43(24-35)64-55(63-42)61-32(4)71/h6-25,28-29H,5,26-27H2,1-4H3,(H2,56,57,59)(H,58,60,62)(H2,61,63,64,71). The quantitative estimate of drug-likeness (QED) is 0.0955. The van der Waals surface area contributed by atoms with Gasteiger partial charge in [0, 0.05) is 35.2 Å². The highest BCUT2D eigenvalue weighted by Crippen LogP contribution is 2.34. The number of H-pyrrole nitrogens is 1. The maximum atomic E-state index is 15.0. The highest BCUT2D eigenvalue weighted by atomic mass is 16.1. The first-order valence-electron chi connectivity index (χ1n) is 23.7. The predicted octanol–water partition coefficient (Wildman–Crippen LogP) is 8.68. The van der Waals surface area contributed by atoms with Crippen LogP contribution in [0.4, 0.5) is 23.3 Å².